The summed E-state index contributed by atoms with van der Waals surface area (Å²) >= 11 is 3.36. The van der Waals surface area contributed by atoms with Crippen LogP contribution in [0.2, 0.25) is 0 Å². The van der Waals surface area contributed by atoms with Crippen molar-refractivity contribution in [3.05, 3.63) is 11.1 Å². The largest absolute Gasteiger partial charge is 0.378 e. The zero-order valence-corrected chi connectivity index (χ0v) is 22.6. The molecule has 7 nitrogen and oxygen atoms in total. The highest BCUT2D eigenvalue weighted by Gasteiger charge is 2.33. The molecular formula is C25H35N5O2S2. The van der Waals surface area contributed by atoms with Gasteiger partial charge in [-0.3, -0.25) is 0 Å². The topological polar surface area (TPSA) is 63.6 Å². The molecule has 0 saturated carbocycles. The Morgan fingerprint density at radius 2 is 1.91 bits per heavy atom. The Labute approximate surface area is 210 Å². The van der Waals surface area contributed by atoms with E-state index in [1.54, 1.807) is 23.1 Å². The van der Waals surface area contributed by atoms with Crippen LogP contribution in [0.5, 0.6) is 0 Å². The maximum atomic E-state index is 6.29. The third kappa shape index (κ3) is 4.36. The number of thiophene rings is 1. The average molecular weight is 502 g/mol. The van der Waals surface area contributed by atoms with E-state index >= 15 is 0 Å². The van der Waals surface area contributed by atoms with Gasteiger partial charge in [-0.05, 0) is 39.0 Å². The molecule has 1 saturated heterocycles. The molecule has 9 heteroatoms. The molecule has 2 aliphatic heterocycles. The number of unbranched alkanes of at least 4 members (excludes halogenated alkanes) is 1. The molecule has 0 atom stereocenters. The monoisotopic (exact) mass is 501 g/mol. The van der Waals surface area contributed by atoms with Gasteiger partial charge in [0.25, 0.3) is 0 Å². The Kier molecular flexibility index (Phi) is 6.90. The third-order valence-electron chi connectivity index (χ3n) is 6.79. The van der Waals surface area contributed by atoms with Crippen molar-refractivity contribution in [1.82, 2.24) is 15.0 Å². The normalized spacial score (nSPS) is 18.0. The molecule has 0 aromatic carbocycles. The first kappa shape index (κ1) is 24.0. The molecule has 1 fully saturated rings. The Bertz CT molecular complexity index is 1190. The summed E-state index contributed by atoms with van der Waals surface area (Å²) in [6.45, 7) is 14.5. The van der Waals surface area contributed by atoms with Crippen LogP contribution in [-0.2, 0) is 22.5 Å². The van der Waals surface area contributed by atoms with Gasteiger partial charge in [-0.1, -0.05) is 25.1 Å². The number of nitrogens with zero attached hydrogens (tertiary/aromatic N) is 5. The number of rotatable bonds is 7. The van der Waals surface area contributed by atoms with Crippen molar-refractivity contribution < 1.29 is 9.47 Å². The number of ether oxygens (including phenoxy) is 2. The van der Waals surface area contributed by atoms with Crippen LogP contribution in [0.25, 0.3) is 20.4 Å². The van der Waals surface area contributed by atoms with Gasteiger partial charge >= 0.3 is 0 Å². The lowest BCUT2D eigenvalue weighted by Gasteiger charge is -2.36. The summed E-state index contributed by atoms with van der Waals surface area (Å²) in [5, 5.41) is 2.03. The highest BCUT2D eigenvalue weighted by atomic mass is 32.2. The van der Waals surface area contributed by atoms with Gasteiger partial charge in [-0.25, -0.2) is 15.0 Å². The number of hydrogen-bond donors (Lipinski definition) is 0. The molecule has 0 spiro atoms. The Morgan fingerprint density at radius 1 is 1.12 bits per heavy atom. The predicted molar refractivity (Wildman–Crippen MR) is 143 cm³/mol. The summed E-state index contributed by atoms with van der Waals surface area (Å²) in [6, 6.07) is 0. The summed E-state index contributed by atoms with van der Waals surface area (Å²) < 4.78 is 13.1. The molecule has 2 aliphatic rings. The van der Waals surface area contributed by atoms with E-state index in [0.717, 1.165) is 84.1 Å². The van der Waals surface area contributed by atoms with Crippen LogP contribution < -0.4 is 9.80 Å². The zero-order valence-electron chi connectivity index (χ0n) is 20.9. The van der Waals surface area contributed by atoms with Crippen LogP contribution >= 0.6 is 23.1 Å². The number of anilines is 2. The minimum absolute atomic E-state index is 0.216. The maximum Gasteiger partial charge on any atom is 0.189 e. The molecule has 184 valence electrons. The van der Waals surface area contributed by atoms with Gasteiger partial charge in [0.15, 0.2) is 11.0 Å². The first-order valence-corrected chi connectivity index (χ1v) is 14.4. The van der Waals surface area contributed by atoms with E-state index in [1.165, 1.54) is 22.9 Å². The number of morpholine rings is 1. The van der Waals surface area contributed by atoms with Crippen molar-refractivity contribution in [2.45, 2.75) is 64.3 Å². The predicted octanol–water partition coefficient (Wildman–Crippen LogP) is 5.28. The molecule has 0 radical (unpaired) electrons. The van der Waals surface area contributed by atoms with Crippen LogP contribution in [-0.4, -0.2) is 66.2 Å². The smallest absolute Gasteiger partial charge is 0.189 e. The van der Waals surface area contributed by atoms with Crippen molar-refractivity contribution in [3.63, 3.8) is 0 Å². The summed E-state index contributed by atoms with van der Waals surface area (Å²) in [7, 11) is 0. The second-order valence-electron chi connectivity index (χ2n) is 9.64. The number of pyridine rings is 1. The molecule has 0 aliphatic carbocycles. The summed E-state index contributed by atoms with van der Waals surface area (Å²) in [4.78, 5) is 21.2. The van der Waals surface area contributed by atoms with E-state index in [2.05, 4.69) is 43.8 Å². The fraction of sp³-hybridized carbons (Fsp3) is 0.640. The SMILES string of the molecule is CCCCN(CC)c1nc(SC)nc2c1sc1nc(N3CCOCC3)c3c(c12)CC(C)(C)OC3. The van der Waals surface area contributed by atoms with E-state index < -0.39 is 0 Å². The summed E-state index contributed by atoms with van der Waals surface area (Å²) in [6.07, 6.45) is 5.23. The van der Waals surface area contributed by atoms with Gasteiger partial charge in [-0.15, -0.1) is 11.3 Å². The van der Waals surface area contributed by atoms with Gasteiger partial charge in [0, 0.05) is 43.5 Å². The van der Waals surface area contributed by atoms with Crippen molar-refractivity contribution in [2.75, 3.05) is 55.4 Å². The first-order chi connectivity index (χ1) is 16.5. The van der Waals surface area contributed by atoms with E-state index in [9.17, 15) is 0 Å². The Morgan fingerprint density at radius 3 is 2.62 bits per heavy atom. The number of hydrogen-bond acceptors (Lipinski definition) is 9. The second kappa shape index (κ2) is 9.76. The molecule has 5 heterocycles. The quantitative estimate of drug-likeness (QED) is 0.320. The van der Waals surface area contributed by atoms with Crippen molar-refractivity contribution >= 4 is 55.2 Å². The van der Waals surface area contributed by atoms with E-state index in [1.807, 2.05) is 0 Å². The molecule has 0 unspecified atom stereocenters. The van der Waals surface area contributed by atoms with Crippen LogP contribution in [0.15, 0.2) is 5.16 Å². The van der Waals surface area contributed by atoms with Crippen molar-refractivity contribution in [1.29, 1.82) is 0 Å². The molecule has 0 N–H and O–H groups in total. The first-order valence-electron chi connectivity index (χ1n) is 12.4. The lowest BCUT2D eigenvalue weighted by molar-refractivity contribution is -0.0396. The Balaban J connectivity index is 1.78. The fourth-order valence-corrected chi connectivity index (χ4v) is 6.45. The van der Waals surface area contributed by atoms with Crippen LogP contribution in [0, 0.1) is 0 Å². The van der Waals surface area contributed by atoms with Crippen LogP contribution in [0.1, 0.15) is 51.7 Å². The second-order valence-corrected chi connectivity index (χ2v) is 11.4. The van der Waals surface area contributed by atoms with Gasteiger partial charge in [0.05, 0.1) is 35.6 Å². The van der Waals surface area contributed by atoms with Gasteiger partial charge in [0.2, 0.25) is 0 Å². The summed E-state index contributed by atoms with van der Waals surface area (Å²) in [5.41, 5.74) is 3.41. The molecule has 3 aromatic heterocycles. The van der Waals surface area contributed by atoms with Crippen LogP contribution in [0.4, 0.5) is 11.6 Å². The Hall–Kier alpha value is -1.68. The number of thioether (sulfide) groups is 1. The fourth-order valence-electron chi connectivity index (χ4n) is 4.93. The van der Waals surface area contributed by atoms with E-state index in [4.69, 9.17) is 24.4 Å². The number of aromatic nitrogens is 3. The highest BCUT2D eigenvalue weighted by Crippen LogP contribution is 2.45. The lowest BCUT2D eigenvalue weighted by Crippen LogP contribution is -2.39. The van der Waals surface area contributed by atoms with Crippen molar-refractivity contribution in [3.8, 4) is 0 Å². The highest BCUT2D eigenvalue weighted by molar-refractivity contribution is 7.98. The minimum atomic E-state index is -0.216. The third-order valence-corrected chi connectivity index (χ3v) is 8.40. The van der Waals surface area contributed by atoms with Gasteiger partial charge in [-0.2, -0.15) is 0 Å². The van der Waals surface area contributed by atoms with Crippen LogP contribution in [0.3, 0.4) is 0 Å². The molecule has 0 bridgehead atoms. The minimum Gasteiger partial charge on any atom is -0.378 e. The molecule has 3 aromatic rings. The summed E-state index contributed by atoms with van der Waals surface area (Å²) in [5.74, 6) is 2.12. The zero-order chi connectivity index (χ0) is 23.9. The molecule has 5 rings (SSSR count). The number of fused-ring (bicyclic) bond motifs is 5. The molecule has 0 amide bonds. The standard InChI is InChI=1S/C25H35N5O2S2/c1-6-8-9-29(7-2)22-20-19(26-24(28-22)33-5)18-16-14-25(3,4)32-15-17(16)21(27-23(18)34-20)30-10-12-31-13-11-30/h6-15H2,1-5H3. The average Bonchev–Trinajstić information content (AvgIpc) is 3.22. The lowest BCUT2D eigenvalue weighted by atomic mass is 9.90. The van der Waals surface area contributed by atoms with Gasteiger partial charge < -0.3 is 19.3 Å². The molecular weight excluding hydrogens is 466 g/mol. The van der Waals surface area contributed by atoms with E-state index in [-0.39, 0.29) is 5.60 Å². The van der Waals surface area contributed by atoms with Gasteiger partial charge in [0.1, 0.15) is 10.6 Å². The maximum absolute atomic E-state index is 6.29. The van der Waals surface area contributed by atoms with E-state index in [0.29, 0.717) is 6.61 Å². The molecule has 34 heavy (non-hydrogen) atoms. The van der Waals surface area contributed by atoms with Crippen molar-refractivity contribution in [2.24, 2.45) is 0 Å².